The molecule has 20 heavy (non-hydrogen) atoms. The summed E-state index contributed by atoms with van der Waals surface area (Å²) in [6.45, 7) is 19.9. The zero-order chi connectivity index (χ0) is 15.1. The second-order valence-corrected chi connectivity index (χ2v) is 6.94. The zero-order valence-corrected chi connectivity index (χ0v) is 14.7. The lowest BCUT2D eigenvalue weighted by molar-refractivity contribution is 0.154. The van der Waals surface area contributed by atoms with Crippen LogP contribution in [0.3, 0.4) is 0 Å². The van der Waals surface area contributed by atoms with Gasteiger partial charge in [-0.3, -0.25) is 4.90 Å². The standard InChI is InChI=1S/C17H37N3/c1-7-19-11-8-17(9-12-19)16(6)18-10-13-20(14(2)3)15(4)5/h14-18H,7-13H2,1-6H3. The quantitative estimate of drug-likeness (QED) is 0.739. The predicted octanol–water partition coefficient (Wildman–Crippen LogP) is 2.82. The molecule has 0 amide bonds. The molecule has 1 aliphatic rings. The molecule has 0 spiro atoms. The van der Waals surface area contributed by atoms with E-state index in [1.54, 1.807) is 0 Å². The average molecular weight is 284 g/mol. The summed E-state index contributed by atoms with van der Waals surface area (Å²) in [5.41, 5.74) is 0. The van der Waals surface area contributed by atoms with Gasteiger partial charge in [0, 0.05) is 31.2 Å². The van der Waals surface area contributed by atoms with E-state index in [2.05, 4.69) is 56.7 Å². The summed E-state index contributed by atoms with van der Waals surface area (Å²) in [7, 11) is 0. The molecular weight excluding hydrogens is 246 g/mol. The summed E-state index contributed by atoms with van der Waals surface area (Å²) < 4.78 is 0. The molecule has 3 nitrogen and oxygen atoms in total. The summed E-state index contributed by atoms with van der Waals surface area (Å²) in [5.74, 6) is 0.865. The summed E-state index contributed by atoms with van der Waals surface area (Å²) in [6.07, 6.45) is 2.72. The van der Waals surface area contributed by atoms with Crippen molar-refractivity contribution >= 4 is 0 Å². The molecule has 0 aromatic carbocycles. The molecule has 0 aromatic heterocycles. The van der Waals surface area contributed by atoms with Crippen LogP contribution in [0.4, 0.5) is 0 Å². The van der Waals surface area contributed by atoms with Crippen LogP contribution < -0.4 is 5.32 Å². The molecule has 3 heteroatoms. The van der Waals surface area contributed by atoms with Gasteiger partial charge in [0.05, 0.1) is 0 Å². The fourth-order valence-corrected chi connectivity index (χ4v) is 3.47. The van der Waals surface area contributed by atoms with Gasteiger partial charge >= 0.3 is 0 Å². The highest BCUT2D eigenvalue weighted by Crippen LogP contribution is 2.20. The molecule has 0 bridgehead atoms. The first-order chi connectivity index (χ1) is 9.45. The van der Waals surface area contributed by atoms with Gasteiger partial charge in [0.25, 0.3) is 0 Å². The number of rotatable bonds is 8. The summed E-state index contributed by atoms with van der Waals surface area (Å²) in [6, 6.07) is 1.94. The summed E-state index contributed by atoms with van der Waals surface area (Å²) >= 11 is 0. The molecule has 1 N–H and O–H groups in total. The topological polar surface area (TPSA) is 18.5 Å². The van der Waals surface area contributed by atoms with E-state index in [0.717, 1.165) is 19.0 Å². The van der Waals surface area contributed by atoms with Gasteiger partial charge in [-0.25, -0.2) is 0 Å². The predicted molar refractivity (Wildman–Crippen MR) is 89.3 cm³/mol. The third-order valence-electron chi connectivity index (χ3n) is 4.95. The van der Waals surface area contributed by atoms with Crippen LogP contribution in [0.15, 0.2) is 0 Å². The maximum absolute atomic E-state index is 3.77. The van der Waals surface area contributed by atoms with Crippen molar-refractivity contribution in [2.24, 2.45) is 5.92 Å². The molecule has 0 saturated carbocycles. The lowest BCUT2D eigenvalue weighted by atomic mass is 9.90. The molecular formula is C17H37N3. The number of piperidine rings is 1. The largest absolute Gasteiger partial charge is 0.313 e. The van der Waals surface area contributed by atoms with Crippen LogP contribution in [0.25, 0.3) is 0 Å². The molecule has 1 fully saturated rings. The maximum Gasteiger partial charge on any atom is 0.0112 e. The van der Waals surface area contributed by atoms with Crippen LogP contribution >= 0.6 is 0 Å². The SMILES string of the molecule is CCN1CCC(C(C)NCCN(C(C)C)C(C)C)CC1. The second kappa shape index (κ2) is 9.01. The minimum absolute atomic E-state index is 0.639. The highest BCUT2D eigenvalue weighted by molar-refractivity contribution is 4.80. The molecule has 1 heterocycles. The van der Waals surface area contributed by atoms with Crippen molar-refractivity contribution in [1.29, 1.82) is 0 Å². The van der Waals surface area contributed by atoms with Crippen LogP contribution in [0, 0.1) is 5.92 Å². The molecule has 0 radical (unpaired) electrons. The van der Waals surface area contributed by atoms with E-state index in [4.69, 9.17) is 0 Å². The van der Waals surface area contributed by atoms with Crippen LogP contribution in [0.5, 0.6) is 0 Å². The highest BCUT2D eigenvalue weighted by Gasteiger charge is 2.23. The van der Waals surface area contributed by atoms with Gasteiger partial charge in [0.2, 0.25) is 0 Å². The van der Waals surface area contributed by atoms with E-state index in [-0.39, 0.29) is 0 Å². The second-order valence-electron chi connectivity index (χ2n) is 6.94. The minimum atomic E-state index is 0.639. The zero-order valence-electron chi connectivity index (χ0n) is 14.7. The monoisotopic (exact) mass is 283 g/mol. The Kier molecular flexibility index (Phi) is 8.08. The molecule has 1 aliphatic heterocycles. The molecule has 1 rings (SSSR count). The van der Waals surface area contributed by atoms with E-state index < -0.39 is 0 Å². The van der Waals surface area contributed by atoms with Crippen LogP contribution in [-0.4, -0.2) is 60.6 Å². The number of nitrogens with zero attached hydrogens (tertiary/aromatic N) is 2. The Bertz CT molecular complexity index is 237. The molecule has 0 aliphatic carbocycles. The molecule has 1 saturated heterocycles. The van der Waals surface area contributed by atoms with Crippen LogP contribution in [0.1, 0.15) is 54.4 Å². The van der Waals surface area contributed by atoms with Gasteiger partial charge in [-0.15, -0.1) is 0 Å². The smallest absolute Gasteiger partial charge is 0.0112 e. The van der Waals surface area contributed by atoms with Gasteiger partial charge in [0.15, 0.2) is 0 Å². The van der Waals surface area contributed by atoms with E-state index in [1.807, 2.05) is 0 Å². The lowest BCUT2D eigenvalue weighted by Crippen LogP contribution is -2.46. The van der Waals surface area contributed by atoms with Crippen molar-refractivity contribution in [2.45, 2.75) is 72.5 Å². The van der Waals surface area contributed by atoms with E-state index in [0.29, 0.717) is 18.1 Å². The first-order valence-corrected chi connectivity index (χ1v) is 8.67. The third kappa shape index (κ3) is 5.71. The van der Waals surface area contributed by atoms with Gasteiger partial charge in [0.1, 0.15) is 0 Å². The lowest BCUT2D eigenvalue weighted by Gasteiger charge is -2.35. The van der Waals surface area contributed by atoms with Crippen molar-refractivity contribution < 1.29 is 0 Å². The Labute approximate surface area is 127 Å². The number of nitrogens with one attached hydrogen (secondary N) is 1. The molecule has 1 unspecified atom stereocenters. The van der Waals surface area contributed by atoms with Crippen molar-refractivity contribution in [3.05, 3.63) is 0 Å². The Morgan fingerprint density at radius 2 is 1.60 bits per heavy atom. The van der Waals surface area contributed by atoms with Crippen LogP contribution in [0.2, 0.25) is 0 Å². The molecule has 0 aromatic rings. The van der Waals surface area contributed by atoms with Gasteiger partial charge in [-0.1, -0.05) is 6.92 Å². The van der Waals surface area contributed by atoms with Gasteiger partial charge in [-0.05, 0) is 73.0 Å². The van der Waals surface area contributed by atoms with Crippen molar-refractivity contribution in [1.82, 2.24) is 15.1 Å². The number of likely N-dealkylation sites (tertiary alicyclic amines) is 1. The van der Waals surface area contributed by atoms with Crippen molar-refractivity contribution in [3.63, 3.8) is 0 Å². The number of hydrogen-bond donors (Lipinski definition) is 1. The number of hydrogen-bond acceptors (Lipinski definition) is 3. The Balaban J connectivity index is 2.24. The first kappa shape index (κ1) is 17.9. The summed E-state index contributed by atoms with van der Waals surface area (Å²) in [4.78, 5) is 5.14. The van der Waals surface area contributed by atoms with E-state index in [1.165, 1.54) is 32.5 Å². The fraction of sp³-hybridized carbons (Fsp3) is 1.00. The Morgan fingerprint density at radius 1 is 1.05 bits per heavy atom. The van der Waals surface area contributed by atoms with E-state index >= 15 is 0 Å². The Morgan fingerprint density at radius 3 is 2.05 bits per heavy atom. The minimum Gasteiger partial charge on any atom is -0.313 e. The van der Waals surface area contributed by atoms with Crippen molar-refractivity contribution in [2.75, 3.05) is 32.7 Å². The van der Waals surface area contributed by atoms with Crippen LogP contribution in [-0.2, 0) is 0 Å². The normalized spacial score (nSPS) is 20.2. The van der Waals surface area contributed by atoms with Gasteiger partial charge < -0.3 is 10.2 Å². The van der Waals surface area contributed by atoms with E-state index in [9.17, 15) is 0 Å². The molecule has 120 valence electrons. The Hall–Kier alpha value is -0.120. The summed E-state index contributed by atoms with van der Waals surface area (Å²) in [5, 5.41) is 3.77. The maximum atomic E-state index is 3.77. The highest BCUT2D eigenvalue weighted by atomic mass is 15.2. The first-order valence-electron chi connectivity index (χ1n) is 8.67. The average Bonchev–Trinajstić information content (AvgIpc) is 2.42. The van der Waals surface area contributed by atoms with Crippen molar-refractivity contribution in [3.8, 4) is 0 Å². The fourth-order valence-electron chi connectivity index (χ4n) is 3.47. The van der Waals surface area contributed by atoms with Gasteiger partial charge in [-0.2, -0.15) is 0 Å². The third-order valence-corrected chi connectivity index (χ3v) is 4.95. The molecule has 1 atom stereocenters.